The fourth-order valence-corrected chi connectivity index (χ4v) is 7.46. The number of hydrogen-bond donors (Lipinski definition) is 3. The maximum atomic E-state index is 14.0. The molecule has 3 aromatic rings. The molecule has 5 amide bonds. The lowest BCUT2D eigenvalue weighted by molar-refractivity contribution is -0.149. The topological polar surface area (TPSA) is 166 Å². The summed E-state index contributed by atoms with van der Waals surface area (Å²) in [4.78, 5) is 83.9. The van der Waals surface area contributed by atoms with Gasteiger partial charge in [-0.15, -0.1) is 0 Å². The smallest absolute Gasteiger partial charge is 0.410 e. The number of rotatable bonds is 15. The van der Waals surface area contributed by atoms with Crippen LogP contribution < -0.4 is 10.6 Å². The molecule has 3 N–H and O–H groups in total. The van der Waals surface area contributed by atoms with Gasteiger partial charge in [0.2, 0.25) is 23.6 Å². The molecule has 298 valence electrons. The van der Waals surface area contributed by atoms with Crippen LogP contribution in [0.1, 0.15) is 69.6 Å². The van der Waals surface area contributed by atoms with E-state index in [1.807, 2.05) is 92.7 Å². The van der Waals surface area contributed by atoms with Gasteiger partial charge in [0.1, 0.15) is 36.8 Å². The minimum absolute atomic E-state index is 0.0209. The number of carboxylic acid groups (broad SMARTS) is 1. The van der Waals surface area contributed by atoms with E-state index in [1.54, 1.807) is 6.92 Å². The molecule has 3 aromatic carbocycles. The molecular weight excluding hydrogens is 714 g/mol. The normalized spacial score (nSPS) is 16.8. The summed E-state index contributed by atoms with van der Waals surface area (Å²) in [5.41, 5.74) is 5.09. The Morgan fingerprint density at radius 2 is 1.30 bits per heavy atom. The van der Waals surface area contributed by atoms with Gasteiger partial charge < -0.3 is 30.3 Å². The summed E-state index contributed by atoms with van der Waals surface area (Å²) in [6.45, 7) is 7.22. The fourth-order valence-electron chi connectivity index (χ4n) is 7.46. The first kappa shape index (κ1) is 41.4. The van der Waals surface area contributed by atoms with E-state index in [-0.39, 0.29) is 37.8 Å². The number of benzene rings is 3. The summed E-state index contributed by atoms with van der Waals surface area (Å²) in [5, 5.41) is 15.3. The van der Waals surface area contributed by atoms with Crippen LogP contribution in [0.4, 0.5) is 4.79 Å². The van der Waals surface area contributed by atoms with Crippen molar-refractivity contribution < 1.29 is 38.6 Å². The van der Waals surface area contributed by atoms with E-state index in [0.29, 0.717) is 12.8 Å². The largest absolute Gasteiger partial charge is 0.480 e. The SMILES string of the molecule is CC(C)CC(NC(=O)C(C)N(C)C(=O)OCC1c2ccccc2-c2ccccc21)C(=O)N(C)C(C)C(=O)NC(Cc1ccccc1)C(=O)N1CCC[C@H]1C(=O)O. The highest BCUT2D eigenvalue weighted by atomic mass is 16.6. The molecule has 5 atom stereocenters. The first-order chi connectivity index (χ1) is 26.7. The van der Waals surface area contributed by atoms with Crippen LogP contribution in [-0.2, 0) is 35.1 Å². The zero-order valence-electron chi connectivity index (χ0n) is 32.9. The maximum Gasteiger partial charge on any atom is 0.410 e. The molecule has 1 aliphatic heterocycles. The number of likely N-dealkylation sites (tertiary alicyclic amines) is 1. The predicted molar refractivity (Wildman–Crippen MR) is 210 cm³/mol. The Kier molecular flexibility index (Phi) is 13.5. The molecule has 5 rings (SSSR count). The Hall–Kier alpha value is -5.72. The van der Waals surface area contributed by atoms with Crippen LogP contribution >= 0.6 is 0 Å². The number of amides is 5. The molecular formula is C43H53N5O8. The molecule has 0 spiro atoms. The Bertz CT molecular complexity index is 1870. The van der Waals surface area contributed by atoms with Crippen LogP contribution in [0.15, 0.2) is 78.9 Å². The highest BCUT2D eigenvalue weighted by Gasteiger charge is 2.39. The van der Waals surface area contributed by atoms with Crippen molar-refractivity contribution in [1.82, 2.24) is 25.3 Å². The van der Waals surface area contributed by atoms with Gasteiger partial charge in [0, 0.05) is 33.0 Å². The van der Waals surface area contributed by atoms with Gasteiger partial charge in [-0.3, -0.25) is 24.1 Å². The summed E-state index contributed by atoms with van der Waals surface area (Å²) in [7, 11) is 2.92. The van der Waals surface area contributed by atoms with Gasteiger partial charge in [-0.05, 0) is 66.8 Å². The average molecular weight is 768 g/mol. The Morgan fingerprint density at radius 3 is 1.88 bits per heavy atom. The number of fused-ring (bicyclic) bond motifs is 3. The molecule has 0 bridgehead atoms. The highest BCUT2D eigenvalue weighted by Crippen LogP contribution is 2.44. The molecule has 0 saturated carbocycles. The number of carbonyl (C=O) groups is 6. The summed E-state index contributed by atoms with van der Waals surface area (Å²) < 4.78 is 5.75. The van der Waals surface area contributed by atoms with Crippen molar-refractivity contribution in [3.05, 3.63) is 95.6 Å². The lowest BCUT2D eigenvalue weighted by Crippen LogP contribution is -2.58. The van der Waals surface area contributed by atoms with Crippen LogP contribution in [0.3, 0.4) is 0 Å². The monoisotopic (exact) mass is 767 g/mol. The van der Waals surface area contributed by atoms with Crippen molar-refractivity contribution in [2.45, 2.75) is 89.5 Å². The lowest BCUT2D eigenvalue weighted by Gasteiger charge is -2.32. The van der Waals surface area contributed by atoms with Gasteiger partial charge in [-0.2, -0.15) is 0 Å². The van der Waals surface area contributed by atoms with Gasteiger partial charge >= 0.3 is 12.1 Å². The Balaban J connectivity index is 1.22. The second kappa shape index (κ2) is 18.3. The van der Waals surface area contributed by atoms with E-state index in [2.05, 4.69) is 10.6 Å². The molecule has 1 fully saturated rings. The number of carboxylic acids is 1. The molecule has 1 aliphatic carbocycles. The number of ether oxygens (including phenoxy) is 1. The summed E-state index contributed by atoms with van der Waals surface area (Å²) in [6.07, 6.45) is 0.548. The average Bonchev–Trinajstić information content (AvgIpc) is 3.81. The lowest BCUT2D eigenvalue weighted by atomic mass is 9.98. The number of nitrogens with one attached hydrogen (secondary N) is 2. The molecule has 0 aromatic heterocycles. The summed E-state index contributed by atoms with van der Waals surface area (Å²) in [5.74, 6) is -3.49. The van der Waals surface area contributed by atoms with E-state index in [0.717, 1.165) is 27.8 Å². The Morgan fingerprint density at radius 1 is 0.768 bits per heavy atom. The quantitative estimate of drug-likeness (QED) is 0.204. The van der Waals surface area contributed by atoms with Gasteiger partial charge in [-0.25, -0.2) is 9.59 Å². The van der Waals surface area contributed by atoms with Gasteiger partial charge in [0.25, 0.3) is 0 Å². The van der Waals surface area contributed by atoms with E-state index >= 15 is 0 Å². The third-order valence-electron chi connectivity index (χ3n) is 10.9. The van der Waals surface area contributed by atoms with Crippen LogP contribution in [0.25, 0.3) is 11.1 Å². The van der Waals surface area contributed by atoms with Crippen molar-refractivity contribution in [2.75, 3.05) is 27.2 Å². The number of nitrogens with zero attached hydrogens (tertiary/aromatic N) is 3. The van der Waals surface area contributed by atoms with Crippen LogP contribution in [0, 0.1) is 5.92 Å². The minimum atomic E-state index is -1.10. The van der Waals surface area contributed by atoms with Crippen molar-refractivity contribution >= 4 is 35.7 Å². The summed E-state index contributed by atoms with van der Waals surface area (Å²) >= 11 is 0. The standard InChI is InChI=1S/C43H53N5O8/c1-26(2)23-35(44-39(50)28(4)47(6)43(55)56-25-34-32-19-12-10-17-30(32)31-18-11-13-20-33(31)34)40(51)46(5)27(3)38(49)45-36(24-29-15-8-7-9-16-29)41(52)48-22-14-21-37(48)42(53)54/h7-13,15-20,26-28,34-37H,14,21-25H2,1-6H3,(H,44,50)(H,45,49)(H,53,54)/t27?,28?,35?,36?,37-/m0/s1. The van der Waals surface area contributed by atoms with Gasteiger partial charge in [0.05, 0.1) is 0 Å². The molecule has 1 heterocycles. The molecule has 0 radical (unpaired) electrons. The zero-order valence-corrected chi connectivity index (χ0v) is 32.9. The second-order valence-electron chi connectivity index (χ2n) is 15.2. The number of aliphatic carboxylic acids is 1. The van der Waals surface area contributed by atoms with Gasteiger partial charge in [0.15, 0.2) is 0 Å². The molecule has 13 nitrogen and oxygen atoms in total. The van der Waals surface area contributed by atoms with E-state index in [4.69, 9.17) is 4.74 Å². The predicted octanol–water partition coefficient (Wildman–Crippen LogP) is 4.44. The van der Waals surface area contributed by atoms with Crippen LogP contribution in [0.2, 0.25) is 0 Å². The van der Waals surface area contributed by atoms with Crippen molar-refractivity contribution in [3.8, 4) is 11.1 Å². The van der Waals surface area contributed by atoms with Crippen molar-refractivity contribution in [3.63, 3.8) is 0 Å². The van der Waals surface area contributed by atoms with Crippen molar-refractivity contribution in [1.29, 1.82) is 0 Å². The van der Waals surface area contributed by atoms with E-state index < -0.39 is 65.9 Å². The Labute approximate surface area is 328 Å². The van der Waals surface area contributed by atoms with Crippen molar-refractivity contribution in [2.24, 2.45) is 5.92 Å². The molecule has 2 aliphatic rings. The molecule has 13 heteroatoms. The number of hydrogen-bond acceptors (Lipinski definition) is 7. The van der Waals surface area contributed by atoms with Gasteiger partial charge in [-0.1, -0.05) is 92.7 Å². The maximum absolute atomic E-state index is 14.0. The summed E-state index contributed by atoms with van der Waals surface area (Å²) in [6, 6.07) is 19.9. The van der Waals surface area contributed by atoms with Crippen LogP contribution in [0.5, 0.6) is 0 Å². The molecule has 4 unspecified atom stereocenters. The number of carbonyl (C=O) groups excluding carboxylic acids is 5. The highest BCUT2D eigenvalue weighted by molar-refractivity contribution is 5.96. The molecule has 56 heavy (non-hydrogen) atoms. The zero-order chi connectivity index (χ0) is 40.7. The molecule has 1 saturated heterocycles. The van der Waals surface area contributed by atoms with Crippen LogP contribution in [-0.4, -0.2) is 113 Å². The minimum Gasteiger partial charge on any atom is -0.480 e. The second-order valence-corrected chi connectivity index (χ2v) is 15.2. The first-order valence-corrected chi connectivity index (χ1v) is 19.2. The fraction of sp³-hybridized carbons (Fsp3) is 0.442. The first-order valence-electron chi connectivity index (χ1n) is 19.2. The number of likely N-dealkylation sites (N-methyl/N-ethyl adjacent to an activating group) is 2. The third kappa shape index (κ3) is 9.38. The third-order valence-corrected chi connectivity index (χ3v) is 10.9. The van der Waals surface area contributed by atoms with E-state index in [1.165, 1.54) is 35.7 Å². The van der Waals surface area contributed by atoms with E-state index in [9.17, 15) is 33.9 Å².